The molecule has 2 rings (SSSR count). The fraction of sp³-hybridized carbons (Fsp3) is 0.250. The summed E-state index contributed by atoms with van der Waals surface area (Å²) in [5.74, 6) is 1.07. The van der Waals surface area contributed by atoms with Gasteiger partial charge in [-0.25, -0.2) is 4.39 Å². The maximum absolute atomic E-state index is 13.7. The number of hydrogen-bond acceptors (Lipinski definition) is 2. The average Bonchev–Trinajstić information content (AvgIpc) is 2.36. The fourth-order valence-electron chi connectivity index (χ4n) is 1.96. The quantitative estimate of drug-likeness (QED) is 0.853. The summed E-state index contributed by atoms with van der Waals surface area (Å²) in [6.45, 7) is 5.48. The van der Waals surface area contributed by atoms with Crippen molar-refractivity contribution in [1.29, 1.82) is 0 Å². The zero-order valence-corrected chi connectivity index (χ0v) is 13.3. The molecule has 0 saturated carbocycles. The summed E-state index contributed by atoms with van der Waals surface area (Å²) in [6.07, 6.45) is 0. The number of benzene rings is 2. The standard InChI is InChI=1S/C16H17BrFNO/c1-9-7-16(13(11(3)19)8-14(9)18)20-15-5-4-12(17)6-10(15)2/h4-8,11H,19H2,1-3H3/t11-/m1/s1. The Kier molecular flexibility index (Phi) is 4.45. The first-order valence-corrected chi connectivity index (χ1v) is 7.17. The Labute approximate surface area is 126 Å². The molecule has 2 aromatic rings. The predicted octanol–water partition coefficient (Wildman–Crippen LogP) is 5.02. The number of rotatable bonds is 3. The van der Waals surface area contributed by atoms with Gasteiger partial charge in [-0.3, -0.25) is 0 Å². The molecule has 2 aromatic carbocycles. The minimum atomic E-state index is -0.296. The Balaban J connectivity index is 2.44. The van der Waals surface area contributed by atoms with E-state index in [1.54, 1.807) is 13.0 Å². The van der Waals surface area contributed by atoms with Crippen LogP contribution < -0.4 is 10.5 Å². The topological polar surface area (TPSA) is 35.2 Å². The molecule has 0 aromatic heterocycles. The van der Waals surface area contributed by atoms with E-state index in [9.17, 15) is 4.39 Å². The van der Waals surface area contributed by atoms with Crippen LogP contribution in [0.3, 0.4) is 0 Å². The van der Waals surface area contributed by atoms with Crippen LogP contribution in [0.15, 0.2) is 34.8 Å². The maximum atomic E-state index is 13.7. The maximum Gasteiger partial charge on any atom is 0.132 e. The largest absolute Gasteiger partial charge is 0.457 e. The molecule has 0 bridgehead atoms. The van der Waals surface area contributed by atoms with E-state index in [1.807, 2.05) is 32.0 Å². The number of halogens is 2. The van der Waals surface area contributed by atoms with Crippen LogP contribution in [-0.2, 0) is 0 Å². The highest BCUT2D eigenvalue weighted by Crippen LogP contribution is 2.33. The SMILES string of the molecule is Cc1cc(Oc2ccc(Br)cc2C)c([C@@H](C)N)cc1F. The molecule has 0 fully saturated rings. The lowest BCUT2D eigenvalue weighted by Crippen LogP contribution is -2.08. The van der Waals surface area contributed by atoms with Crippen molar-refractivity contribution in [2.45, 2.75) is 26.8 Å². The van der Waals surface area contributed by atoms with E-state index in [0.29, 0.717) is 16.9 Å². The lowest BCUT2D eigenvalue weighted by atomic mass is 10.0. The van der Waals surface area contributed by atoms with Crippen molar-refractivity contribution in [2.24, 2.45) is 5.73 Å². The molecule has 0 spiro atoms. The molecule has 0 aliphatic heterocycles. The molecule has 0 unspecified atom stereocenters. The van der Waals surface area contributed by atoms with Crippen molar-refractivity contribution in [3.8, 4) is 11.5 Å². The van der Waals surface area contributed by atoms with E-state index in [4.69, 9.17) is 10.5 Å². The van der Waals surface area contributed by atoms with E-state index in [2.05, 4.69) is 15.9 Å². The van der Waals surface area contributed by atoms with Crippen molar-refractivity contribution in [1.82, 2.24) is 0 Å². The molecule has 0 aliphatic rings. The number of aryl methyl sites for hydroxylation is 2. The first kappa shape index (κ1) is 15.0. The van der Waals surface area contributed by atoms with Crippen LogP contribution in [0.4, 0.5) is 4.39 Å². The van der Waals surface area contributed by atoms with Gasteiger partial charge in [0.05, 0.1) is 0 Å². The Morgan fingerprint density at radius 2 is 1.80 bits per heavy atom. The van der Waals surface area contributed by atoms with E-state index < -0.39 is 0 Å². The molecule has 1 atom stereocenters. The zero-order valence-electron chi connectivity index (χ0n) is 11.7. The van der Waals surface area contributed by atoms with Gasteiger partial charge in [0.15, 0.2) is 0 Å². The van der Waals surface area contributed by atoms with Gasteiger partial charge < -0.3 is 10.5 Å². The molecule has 2 N–H and O–H groups in total. The Hall–Kier alpha value is -1.39. The Bertz CT molecular complexity index is 641. The number of ether oxygens (including phenoxy) is 1. The Morgan fingerprint density at radius 1 is 1.10 bits per heavy atom. The van der Waals surface area contributed by atoms with Crippen molar-refractivity contribution in [3.63, 3.8) is 0 Å². The third-order valence-electron chi connectivity index (χ3n) is 3.14. The lowest BCUT2D eigenvalue weighted by Gasteiger charge is -2.16. The van der Waals surface area contributed by atoms with Crippen molar-refractivity contribution >= 4 is 15.9 Å². The highest BCUT2D eigenvalue weighted by atomic mass is 79.9. The van der Waals surface area contributed by atoms with Crippen LogP contribution in [0.5, 0.6) is 11.5 Å². The molecular formula is C16H17BrFNO. The van der Waals surface area contributed by atoms with Crippen molar-refractivity contribution in [3.05, 3.63) is 57.3 Å². The van der Waals surface area contributed by atoms with Crippen molar-refractivity contribution in [2.75, 3.05) is 0 Å². The van der Waals surface area contributed by atoms with Gasteiger partial charge in [-0.05, 0) is 62.2 Å². The second-order valence-electron chi connectivity index (χ2n) is 4.94. The molecule has 0 heterocycles. The van der Waals surface area contributed by atoms with Gasteiger partial charge in [0.25, 0.3) is 0 Å². The molecule has 0 amide bonds. The smallest absolute Gasteiger partial charge is 0.132 e. The van der Waals surface area contributed by atoms with Crippen LogP contribution in [0.25, 0.3) is 0 Å². The normalized spacial score (nSPS) is 12.3. The fourth-order valence-corrected chi connectivity index (χ4v) is 2.44. The lowest BCUT2D eigenvalue weighted by molar-refractivity contribution is 0.465. The molecule has 0 saturated heterocycles. The number of hydrogen-bond donors (Lipinski definition) is 1. The van der Waals surface area contributed by atoms with Gasteiger partial charge >= 0.3 is 0 Å². The first-order chi connectivity index (χ1) is 9.38. The highest BCUT2D eigenvalue weighted by Gasteiger charge is 2.13. The van der Waals surface area contributed by atoms with E-state index in [1.165, 1.54) is 6.07 Å². The summed E-state index contributed by atoms with van der Waals surface area (Å²) >= 11 is 3.42. The molecule has 0 aliphatic carbocycles. The molecular weight excluding hydrogens is 321 g/mol. The van der Waals surface area contributed by atoms with Gasteiger partial charge in [0.2, 0.25) is 0 Å². The van der Waals surface area contributed by atoms with Crippen LogP contribution in [0.2, 0.25) is 0 Å². The summed E-state index contributed by atoms with van der Waals surface area (Å²) < 4.78 is 20.6. The second-order valence-corrected chi connectivity index (χ2v) is 5.86. The number of nitrogens with two attached hydrogens (primary N) is 1. The van der Waals surface area contributed by atoms with Crippen LogP contribution in [-0.4, -0.2) is 0 Å². The summed E-state index contributed by atoms with van der Waals surface area (Å²) in [7, 11) is 0. The van der Waals surface area contributed by atoms with E-state index in [0.717, 1.165) is 15.8 Å². The third-order valence-corrected chi connectivity index (χ3v) is 3.63. The van der Waals surface area contributed by atoms with Gasteiger partial charge in [0, 0.05) is 16.1 Å². The third kappa shape index (κ3) is 3.19. The molecule has 4 heteroatoms. The van der Waals surface area contributed by atoms with Crippen LogP contribution in [0, 0.1) is 19.7 Å². The van der Waals surface area contributed by atoms with Gasteiger partial charge in [-0.15, -0.1) is 0 Å². The monoisotopic (exact) mass is 337 g/mol. The van der Waals surface area contributed by atoms with Crippen LogP contribution >= 0.6 is 15.9 Å². The summed E-state index contributed by atoms with van der Waals surface area (Å²) in [5, 5.41) is 0. The first-order valence-electron chi connectivity index (χ1n) is 6.38. The molecule has 106 valence electrons. The van der Waals surface area contributed by atoms with Crippen molar-refractivity contribution < 1.29 is 9.13 Å². The van der Waals surface area contributed by atoms with Gasteiger partial charge in [-0.2, -0.15) is 0 Å². The molecule has 0 radical (unpaired) electrons. The Morgan fingerprint density at radius 3 is 2.40 bits per heavy atom. The van der Waals surface area contributed by atoms with E-state index in [-0.39, 0.29) is 11.9 Å². The van der Waals surface area contributed by atoms with Crippen LogP contribution in [0.1, 0.15) is 29.7 Å². The van der Waals surface area contributed by atoms with E-state index >= 15 is 0 Å². The average molecular weight is 338 g/mol. The highest BCUT2D eigenvalue weighted by molar-refractivity contribution is 9.10. The minimum absolute atomic E-state index is 0.267. The molecule has 2 nitrogen and oxygen atoms in total. The van der Waals surface area contributed by atoms with Gasteiger partial charge in [-0.1, -0.05) is 15.9 Å². The second kappa shape index (κ2) is 5.94. The summed E-state index contributed by atoms with van der Waals surface area (Å²) in [5.41, 5.74) is 8.10. The summed E-state index contributed by atoms with van der Waals surface area (Å²) in [4.78, 5) is 0. The zero-order chi connectivity index (χ0) is 14.9. The summed E-state index contributed by atoms with van der Waals surface area (Å²) in [6, 6.07) is 8.60. The predicted molar refractivity (Wildman–Crippen MR) is 82.7 cm³/mol. The van der Waals surface area contributed by atoms with Gasteiger partial charge in [0.1, 0.15) is 17.3 Å². The molecule has 20 heavy (non-hydrogen) atoms. The minimum Gasteiger partial charge on any atom is -0.457 e.